The van der Waals surface area contributed by atoms with Crippen LogP contribution in [0.2, 0.25) is 0 Å². The fourth-order valence-corrected chi connectivity index (χ4v) is 1.12. The minimum Gasteiger partial charge on any atom is -0.584 e. The summed E-state index contributed by atoms with van der Waals surface area (Å²) in [6.07, 6.45) is 0. The molecule has 0 fully saturated rings. The highest BCUT2D eigenvalue weighted by molar-refractivity contribution is 5.57. The van der Waals surface area contributed by atoms with Crippen molar-refractivity contribution in [2.45, 2.75) is 0 Å². The first kappa shape index (κ1) is 10.7. The highest BCUT2D eigenvalue weighted by Gasteiger charge is 2.16. The Morgan fingerprint density at radius 2 is 2.07 bits per heavy atom. The van der Waals surface area contributed by atoms with Crippen molar-refractivity contribution in [1.82, 2.24) is 4.59 Å². The Labute approximate surface area is 84.8 Å². The average molecular weight is 192 g/mol. The molecule has 0 aliphatic rings. The largest absolute Gasteiger partial charge is 0.584 e. The highest BCUT2D eigenvalue weighted by Crippen LogP contribution is 2.24. The summed E-state index contributed by atoms with van der Waals surface area (Å²) in [7, 11) is 5.58. The molecule has 0 amide bonds. The second-order valence-corrected chi connectivity index (χ2v) is 3.61. The number of nitrogens with one attached hydrogen (secondary N) is 1. The number of hydrogen-bond donors (Lipinski definition) is 0. The summed E-state index contributed by atoms with van der Waals surface area (Å²) < 4.78 is 0.363. The predicted molar refractivity (Wildman–Crippen MR) is 62.4 cm³/mol. The van der Waals surface area contributed by atoms with Gasteiger partial charge in [0.15, 0.2) is 5.69 Å². The summed E-state index contributed by atoms with van der Waals surface area (Å²) in [5.74, 6) is 7.46. The van der Waals surface area contributed by atoms with Gasteiger partial charge in [-0.05, 0) is 13.1 Å². The third-order valence-corrected chi connectivity index (χ3v) is 2.20. The van der Waals surface area contributed by atoms with Crippen LogP contribution in [0.15, 0.2) is 29.4 Å². The van der Waals surface area contributed by atoms with Gasteiger partial charge in [0.2, 0.25) is 0 Å². The molecule has 0 atom stereocenters. The van der Waals surface area contributed by atoms with Crippen molar-refractivity contribution >= 4 is 18.1 Å². The molecular weight excluding hydrogens is 176 g/mol. The minimum absolute atomic E-state index is 0.363. The van der Waals surface area contributed by atoms with Gasteiger partial charge >= 0.3 is 0 Å². The molecule has 76 valence electrons. The van der Waals surface area contributed by atoms with Gasteiger partial charge in [0.1, 0.15) is 0 Å². The van der Waals surface area contributed by atoms with Crippen molar-refractivity contribution in [3.8, 4) is 0 Å². The average Bonchev–Trinajstić information content (AvgIpc) is 2.18. The number of rotatable bonds is 3. The molecular formula is C10H16N4. The lowest BCUT2D eigenvalue weighted by Crippen LogP contribution is -2.33. The fourth-order valence-electron chi connectivity index (χ4n) is 1.12. The van der Waals surface area contributed by atoms with Gasteiger partial charge in [0.05, 0.1) is 14.1 Å². The molecule has 4 heteroatoms. The van der Waals surface area contributed by atoms with Crippen molar-refractivity contribution in [2.75, 3.05) is 26.2 Å². The maximum atomic E-state index is 7.46. The van der Waals surface area contributed by atoms with Gasteiger partial charge in [-0.3, -0.25) is 0 Å². The molecule has 0 radical (unpaired) electrons. The van der Waals surface area contributed by atoms with E-state index in [0.29, 0.717) is 4.59 Å². The first-order chi connectivity index (χ1) is 6.47. The molecule has 0 aliphatic carbocycles. The van der Waals surface area contributed by atoms with Crippen LogP contribution in [0.4, 0.5) is 11.4 Å². The van der Waals surface area contributed by atoms with Gasteiger partial charge in [-0.1, -0.05) is 11.2 Å². The lowest BCUT2D eigenvalue weighted by molar-refractivity contribution is 0.428. The Bertz CT molecular complexity index is 331. The number of nitrogens with zero attached hydrogens (tertiary/aromatic N) is 3. The number of anilines is 1. The molecule has 0 unspecified atom stereocenters. The van der Waals surface area contributed by atoms with Crippen LogP contribution >= 0.6 is 0 Å². The summed E-state index contributed by atoms with van der Waals surface area (Å²) in [4.78, 5) is 0. The van der Waals surface area contributed by atoms with Crippen molar-refractivity contribution in [3.63, 3.8) is 0 Å². The molecule has 4 nitrogen and oxygen atoms in total. The number of quaternary nitrogens is 1. The zero-order chi connectivity index (χ0) is 10.8. The Morgan fingerprint density at radius 1 is 1.43 bits per heavy atom. The Balaban J connectivity index is 3.11. The van der Waals surface area contributed by atoms with E-state index in [9.17, 15) is 0 Å². The van der Waals surface area contributed by atoms with Crippen LogP contribution in [-0.2, 0) is 0 Å². The lowest BCUT2D eigenvalue weighted by atomic mass is 10.2. The van der Waals surface area contributed by atoms with Crippen LogP contribution in [0.3, 0.4) is 0 Å². The van der Waals surface area contributed by atoms with E-state index >= 15 is 0 Å². The van der Waals surface area contributed by atoms with E-state index in [-0.39, 0.29) is 0 Å². The molecule has 0 saturated heterocycles. The molecule has 1 aromatic rings. The standard InChI is InChI=1S/C10H16N4/c1-12-14(3,4)10-7-5-6-9(8-10)13(2)11/h5-8,11H,1H2,2-4H3. The third-order valence-electron chi connectivity index (χ3n) is 2.20. The second-order valence-electron chi connectivity index (χ2n) is 3.61. The van der Waals surface area contributed by atoms with Gasteiger partial charge in [-0.2, -0.15) is 4.59 Å². The summed E-state index contributed by atoms with van der Waals surface area (Å²) in [6, 6.07) is 7.71. The van der Waals surface area contributed by atoms with Crippen LogP contribution in [0.1, 0.15) is 0 Å². The Morgan fingerprint density at radius 3 is 2.57 bits per heavy atom. The summed E-state index contributed by atoms with van der Waals surface area (Å²) >= 11 is 0. The van der Waals surface area contributed by atoms with Gasteiger partial charge < -0.3 is 10.9 Å². The Kier molecular flexibility index (Phi) is 2.88. The zero-order valence-corrected chi connectivity index (χ0v) is 8.86. The quantitative estimate of drug-likeness (QED) is 0.411. The van der Waals surface area contributed by atoms with Crippen molar-refractivity contribution in [3.05, 3.63) is 30.1 Å². The van der Waals surface area contributed by atoms with Crippen molar-refractivity contribution in [1.29, 1.82) is 0 Å². The summed E-state index contributed by atoms with van der Waals surface area (Å²) in [5.41, 5.74) is 1.86. The number of hydrogen-bond acceptors (Lipinski definition) is 2. The monoisotopic (exact) mass is 192 g/mol. The second kappa shape index (κ2) is 3.77. The van der Waals surface area contributed by atoms with E-state index < -0.39 is 0 Å². The maximum Gasteiger partial charge on any atom is 0.160 e. The van der Waals surface area contributed by atoms with E-state index in [1.54, 1.807) is 7.05 Å². The molecule has 0 bridgehead atoms. The third kappa shape index (κ3) is 2.10. The summed E-state index contributed by atoms with van der Waals surface area (Å²) in [6.45, 7) is 3.55. The van der Waals surface area contributed by atoms with Crippen LogP contribution in [0.25, 0.3) is 5.84 Å². The van der Waals surface area contributed by atoms with E-state index in [1.807, 2.05) is 38.4 Å². The van der Waals surface area contributed by atoms with E-state index in [1.165, 1.54) is 5.01 Å². The smallest absolute Gasteiger partial charge is 0.160 e. The van der Waals surface area contributed by atoms with Crippen LogP contribution < -0.4 is 9.60 Å². The molecule has 0 heterocycles. The molecule has 0 aromatic heterocycles. The van der Waals surface area contributed by atoms with E-state index in [0.717, 1.165) is 11.4 Å². The number of benzene rings is 1. The molecule has 1 rings (SSSR count). The minimum atomic E-state index is 0.363. The molecule has 0 spiro atoms. The van der Waals surface area contributed by atoms with Gasteiger partial charge in [0.25, 0.3) is 0 Å². The molecule has 14 heavy (non-hydrogen) atoms. The molecule has 0 saturated carbocycles. The van der Waals surface area contributed by atoms with Crippen LogP contribution in [-0.4, -0.2) is 27.9 Å². The first-order valence-electron chi connectivity index (χ1n) is 4.35. The lowest BCUT2D eigenvalue weighted by Gasteiger charge is -2.26. The van der Waals surface area contributed by atoms with Crippen LogP contribution in [0.5, 0.6) is 0 Å². The van der Waals surface area contributed by atoms with Gasteiger partial charge in [0, 0.05) is 24.5 Å². The van der Waals surface area contributed by atoms with Gasteiger partial charge in [-0.25, -0.2) is 0 Å². The normalized spacial score (nSPS) is 11.1. The van der Waals surface area contributed by atoms with Crippen LogP contribution in [0, 0.1) is 0 Å². The molecule has 0 aliphatic heterocycles. The van der Waals surface area contributed by atoms with Gasteiger partial charge in [-0.15, -0.1) is 0 Å². The summed E-state index contributed by atoms with van der Waals surface area (Å²) in [5, 5.41) is 5.32. The topological polar surface area (TPSA) is 39.4 Å². The SMILES string of the molecule is C=N[N+](C)(C)c1cccc(N(C)[NH-])c1. The fraction of sp³-hybridized carbons (Fsp3) is 0.300. The Hall–Kier alpha value is -1.39. The molecule has 1 N–H and O–H groups in total. The van der Waals surface area contributed by atoms with E-state index in [4.69, 9.17) is 5.84 Å². The van der Waals surface area contributed by atoms with E-state index in [2.05, 4.69) is 11.8 Å². The van der Waals surface area contributed by atoms with Crippen molar-refractivity contribution in [2.24, 2.45) is 5.10 Å². The highest BCUT2D eigenvalue weighted by atomic mass is 15.6. The zero-order valence-electron chi connectivity index (χ0n) is 8.86. The first-order valence-corrected chi connectivity index (χ1v) is 4.35. The maximum absolute atomic E-state index is 7.46. The van der Waals surface area contributed by atoms with Crippen molar-refractivity contribution < 1.29 is 0 Å². The molecule has 1 aromatic carbocycles. The predicted octanol–water partition coefficient (Wildman–Crippen LogP) is 2.27.